The summed E-state index contributed by atoms with van der Waals surface area (Å²) in [4.78, 5) is 23.2. The second-order valence-corrected chi connectivity index (χ2v) is 5.90. The molecule has 1 aromatic rings. The highest BCUT2D eigenvalue weighted by Gasteiger charge is 2.46. The van der Waals surface area contributed by atoms with Gasteiger partial charge in [0, 0.05) is 11.0 Å². The van der Waals surface area contributed by atoms with Crippen LogP contribution in [0.4, 0.5) is 4.79 Å². The van der Waals surface area contributed by atoms with E-state index in [0.717, 1.165) is 22.9 Å². The van der Waals surface area contributed by atoms with Crippen molar-refractivity contribution in [2.45, 2.75) is 24.4 Å². The fraction of sp³-hybridized carbons (Fsp3) is 0.385. The summed E-state index contributed by atoms with van der Waals surface area (Å²) in [6.45, 7) is 0.348. The summed E-state index contributed by atoms with van der Waals surface area (Å²) >= 11 is 3.40. The first-order valence-corrected chi connectivity index (χ1v) is 7.01. The number of carbonyl (C=O) groups excluding carboxylic acids is 2. The van der Waals surface area contributed by atoms with Crippen LogP contribution in [0, 0.1) is 0 Å². The minimum absolute atomic E-state index is 0.126. The van der Waals surface area contributed by atoms with Crippen molar-refractivity contribution in [2.75, 3.05) is 6.54 Å². The molecule has 5 nitrogen and oxygen atoms in total. The second-order valence-electron chi connectivity index (χ2n) is 4.99. The lowest BCUT2D eigenvalue weighted by Crippen LogP contribution is -2.47. The minimum atomic E-state index is -0.472. The molecule has 6 heteroatoms. The molecule has 100 valence electrons. The van der Waals surface area contributed by atoms with E-state index in [1.807, 2.05) is 24.3 Å². The zero-order valence-electron chi connectivity index (χ0n) is 10.2. The summed E-state index contributed by atoms with van der Waals surface area (Å²) in [6, 6.07) is 7.22. The third-order valence-corrected chi connectivity index (χ3v) is 4.13. The Morgan fingerprint density at radius 2 is 2.00 bits per heavy atom. The largest absolute Gasteiger partial charge is 0.345 e. The normalized spacial score (nSPS) is 23.4. The van der Waals surface area contributed by atoms with E-state index in [1.54, 1.807) is 0 Å². The van der Waals surface area contributed by atoms with Gasteiger partial charge in [-0.15, -0.1) is 0 Å². The Labute approximate surface area is 119 Å². The third kappa shape index (κ3) is 2.45. The van der Waals surface area contributed by atoms with Gasteiger partial charge in [0.25, 0.3) is 0 Å². The molecule has 3 N–H and O–H groups in total. The first-order chi connectivity index (χ1) is 9.09. The third-order valence-electron chi connectivity index (χ3n) is 3.60. The lowest BCUT2D eigenvalue weighted by atomic mass is 10.0. The van der Waals surface area contributed by atoms with Gasteiger partial charge in [-0.2, -0.15) is 0 Å². The number of amides is 3. The van der Waals surface area contributed by atoms with E-state index in [-0.39, 0.29) is 17.5 Å². The quantitative estimate of drug-likeness (QED) is 0.783. The molecular weight excluding hydrogens is 310 g/mol. The van der Waals surface area contributed by atoms with E-state index in [4.69, 9.17) is 0 Å². The summed E-state index contributed by atoms with van der Waals surface area (Å²) in [6.07, 6.45) is 1.88. The van der Waals surface area contributed by atoms with Crippen LogP contribution in [0.15, 0.2) is 28.7 Å². The first kappa shape index (κ1) is 12.5. The van der Waals surface area contributed by atoms with Gasteiger partial charge in [0.2, 0.25) is 5.91 Å². The Morgan fingerprint density at radius 1 is 1.32 bits per heavy atom. The van der Waals surface area contributed by atoms with Crippen LogP contribution in [0.25, 0.3) is 0 Å². The van der Waals surface area contributed by atoms with E-state index >= 15 is 0 Å². The monoisotopic (exact) mass is 323 g/mol. The Balaban J connectivity index is 1.70. The highest BCUT2D eigenvalue weighted by atomic mass is 79.9. The van der Waals surface area contributed by atoms with E-state index in [9.17, 15) is 9.59 Å². The van der Waals surface area contributed by atoms with Crippen LogP contribution in [0.1, 0.15) is 18.4 Å². The van der Waals surface area contributed by atoms with Crippen molar-refractivity contribution in [2.24, 2.45) is 0 Å². The molecule has 1 aliphatic heterocycles. The molecule has 1 saturated heterocycles. The maximum Gasteiger partial charge on any atom is 0.315 e. The molecule has 1 saturated carbocycles. The number of hydrogen-bond acceptors (Lipinski definition) is 2. The minimum Gasteiger partial charge on any atom is -0.345 e. The van der Waals surface area contributed by atoms with Crippen molar-refractivity contribution in [3.63, 3.8) is 0 Å². The summed E-state index contributed by atoms with van der Waals surface area (Å²) in [7, 11) is 0. The molecule has 2 aliphatic rings. The second kappa shape index (κ2) is 4.52. The molecule has 0 aromatic heterocycles. The molecule has 1 heterocycles. The molecule has 2 fully saturated rings. The lowest BCUT2D eigenvalue weighted by Gasteiger charge is -2.20. The fourth-order valence-corrected chi connectivity index (χ4v) is 2.58. The van der Waals surface area contributed by atoms with Gasteiger partial charge in [-0.25, -0.2) is 4.79 Å². The zero-order valence-corrected chi connectivity index (χ0v) is 11.8. The van der Waals surface area contributed by atoms with Crippen molar-refractivity contribution in [1.29, 1.82) is 0 Å². The molecular formula is C13H14BrN3O2. The number of halogens is 1. The van der Waals surface area contributed by atoms with Crippen molar-refractivity contribution >= 4 is 27.9 Å². The first-order valence-electron chi connectivity index (χ1n) is 6.21. The van der Waals surface area contributed by atoms with Crippen LogP contribution in [0.2, 0.25) is 0 Å². The van der Waals surface area contributed by atoms with Crippen LogP contribution >= 0.6 is 15.9 Å². The number of urea groups is 1. The van der Waals surface area contributed by atoms with Gasteiger partial charge >= 0.3 is 6.03 Å². The molecule has 0 bridgehead atoms. The van der Waals surface area contributed by atoms with Gasteiger partial charge in [-0.3, -0.25) is 4.79 Å². The van der Waals surface area contributed by atoms with Gasteiger partial charge in [-0.1, -0.05) is 28.1 Å². The number of nitrogens with one attached hydrogen (secondary N) is 3. The molecule has 1 aliphatic carbocycles. The van der Waals surface area contributed by atoms with Crippen molar-refractivity contribution in [3.8, 4) is 0 Å². The average Bonchev–Trinajstić information content (AvgIpc) is 3.03. The molecule has 0 radical (unpaired) electrons. The van der Waals surface area contributed by atoms with Gasteiger partial charge in [-0.05, 0) is 30.5 Å². The SMILES string of the molecule is O=C1NCC(C(=O)NC2(c3ccc(Br)cc3)CC2)N1. The number of benzene rings is 1. The Hall–Kier alpha value is -1.56. The lowest BCUT2D eigenvalue weighted by molar-refractivity contribution is -0.123. The Morgan fingerprint density at radius 3 is 2.53 bits per heavy atom. The smallest absolute Gasteiger partial charge is 0.315 e. The molecule has 0 spiro atoms. The summed E-state index contributed by atoms with van der Waals surface area (Å²) in [5, 5.41) is 8.24. The standard InChI is InChI=1S/C13H14BrN3O2/c14-9-3-1-8(2-4-9)13(5-6-13)17-11(18)10-7-15-12(19)16-10/h1-4,10H,5-7H2,(H,17,18)(H2,15,16,19). The number of carbonyl (C=O) groups is 2. The maximum absolute atomic E-state index is 12.1. The summed E-state index contributed by atoms with van der Waals surface area (Å²) < 4.78 is 1.02. The summed E-state index contributed by atoms with van der Waals surface area (Å²) in [5.74, 6) is -0.126. The van der Waals surface area contributed by atoms with E-state index in [1.165, 1.54) is 0 Å². The Kier molecular flexibility index (Phi) is 2.97. The van der Waals surface area contributed by atoms with E-state index in [0.29, 0.717) is 6.54 Å². The summed E-state index contributed by atoms with van der Waals surface area (Å²) in [5.41, 5.74) is 0.867. The fourth-order valence-electron chi connectivity index (χ4n) is 2.32. The molecule has 1 atom stereocenters. The Bertz CT molecular complexity index is 525. The molecule has 1 aromatic carbocycles. The van der Waals surface area contributed by atoms with Crippen molar-refractivity contribution < 1.29 is 9.59 Å². The predicted octanol–water partition coefficient (Wildman–Crippen LogP) is 1.24. The van der Waals surface area contributed by atoms with Crippen molar-refractivity contribution in [1.82, 2.24) is 16.0 Å². The van der Waals surface area contributed by atoms with Gasteiger partial charge in [0.05, 0.1) is 5.54 Å². The number of hydrogen-bond donors (Lipinski definition) is 3. The molecule has 3 rings (SSSR count). The van der Waals surface area contributed by atoms with Crippen LogP contribution in [0.5, 0.6) is 0 Å². The van der Waals surface area contributed by atoms with Crippen molar-refractivity contribution in [3.05, 3.63) is 34.3 Å². The van der Waals surface area contributed by atoms with Crippen LogP contribution in [0.3, 0.4) is 0 Å². The van der Waals surface area contributed by atoms with E-state index < -0.39 is 6.04 Å². The number of rotatable bonds is 3. The van der Waals surface area contributed by atoms with Crippen LogP contribution in [-0.4, -0.2) is 24.5 Å². The van der Waals surface area contributed by atoms with Gasteiger partial charge < -0.3 is 16.0 Å². The topological polar surface area (TPSA) is 70.2 Å². The highest BCUT2D eigenvalue weighted by molar-refractivity contribution is 9.10. The van der Waals surface area contributed by atoms with Gasteiger partial charge in [0.15, 0.2) is 0 Å². The van der Waals surface area contributed by atoms with Gasteiger partial charge in [0.1, 0.15) is 6.04 Å². The molecule has 19 heavy (non-hydrogen) atoms. The highest BCUT2D eigenvalue weighted by Crippen LogP contribution is 2.45. The van der Waals surface area contributed by atoms with Crippen LogP contribution < -0.4 is 16.0 Å². The zero-order chi connectivity index (χ0) is 13.5. The maximum atomic E-state index is 12.1. The van der Waals surface area contributed by atoms with Crippen LogP contribution in [-0.2, 0) is 10.3 Å². The molecule has 3 amide bonds. The van der Waals surface area contributed by atoms with E-state index in [2.05, 4.69) is 31.9 Å². The predicted molar refractivity (Wildman–Crippen MR) is 73.5 cm³/mol. The molecule has 1 unspecified atom stereocenters. The average molecular weight is 324 g/mol.